The molecule has 174 valence electrons. The molecule has 2 atom stereocenters. The van der Waals surface area contributed by atoms with Gasteiger partial charge in [-0.05, 0) is 57.4 Å². The molecule has 5 rings (SSSR count). The second-order valence-electron chi connectivity index (χ2n) is 9.89. The Balaban J connectivity index is 1.89. The molecule has 2 aliphatic heterocycles. The molecule has 3 heterocycles. The lowest BCUT2D eigenvalue weighted by Crippen LogP contribution is -2.32. The summed E-state index contributed by atoms with van der Waals surface area (Å²) >= 11 is 0. The van der Waals surface area contributed by atoms with E-state index in [9.17, 15) is 13.2 Å². The molecule has 1 saturated heterocycles. The zero-order valence-electron chi connectivity index (χ0n) is 19.1. The van der Waals surface area contributed by atoms with Crippen LogP contribution >= 0.6 is 0 Å². The number of hydrogen-bond acceptors (Lipinski definition) is 5. The lowest BCUT2D eigenvalue weighted by Gasteiger charge is -2.24. The Morgan fingerprint density at radius 1 is 1.18 bits per heavy atom. The molecule has 2 bridgehead atoms. The maximum atomic E-state index is 15.6. The van der Waals surface area contributed by atoms with E-state index in [-0.39, 0.29) is 26.9 Å². The molecule has 2 aliphatic rings. The SMILES string of the molecule is Cn1c2c(c3c(C(=O)OC(C)(C)C)c(S(=O)(=O)c4ccccc4)cc(F)c31)C1CCC(C2)N1. The summed E-state index contributed by atoms with van der Waals surface area (Å²) in [6.45, 7) is 5.17. The smallest absolute Gasteiger partial charge is 0.340 e. The normalized spacial score (nSPS) is 20.2. The highest BCUT2D eigenvalue weighted by Crippen LogP contribution is 2.45. The van der Waals surface area contributed by atoms with E-state index in [1.165, 1.54) is 12.1 Å². The Labute approximate surface area is 192 Å². The van der Waals surface area contributed by atoms with Crippen LogP contribution in [0.3, 0.4) is 0 Å². The van der Waals surface area contributed by atoms with Gasteiger partial charge in [-0.1, -0.05) is 18.2 Å². The van der Waals surface area contributed by atoms with Gasteiger partial charge in [0.2, 0.25) is 9.84 Å². The molecule has 1 N–H and O–H groups in total. The van der Waals surface area contributed by atoms with E-state index in [2.05, 4.69) is 5.32 Å². The third-order valence-corrected chi connectivity index (χ3v) is 8.31. The average Bonchev–Trinajstić information content (AvgIpc) is 3.26. The number of benzene rings is 2. The molecule has 0 amide bonds. The summed E-state index contributed by atoms with van der Waals surface area (Å²) in [5.74, 6) is -1.44. The Hall–Kier alpha value is -2.71. The van der Waals surface area contributed by atoms with E-state index in [0.717, 1.165) is 30.2 Å². The van der Waals surface area contributed by atoms with Crippen LogP contribution in [-0.4, -0.2) is 30.6 Å². The summed E-state index contributed by atoms with van der Waals surface area (Å²) < 4.78 is 50.4. The van der Waals surface area contributed by atoms with E-state index in [1.54, 1.807) is 50.6 Å². The molecule has 8 heteroatoms. The van der Waals surface area contributed by atoms with Crippen molar-refractivity contribution in [3.8, 4) is 0 Å². The summed E-state index contributed by atoms with van der Waals surface area (Å²) in [5, 5.41) is 3.88. The van der Waals surface area contributed by atoms with Gasteiger partial charge in [-0.15, -0.1) is 0 Å². The van der Waals surface area contributed by atoms with Gasteiger partial charge in [0, 0.05) is 36.6 Å². The molecular formula is C25H27FN2O4S. The van der Waals surface area contributed by atoms with Crippen LogP contribution in [0.25, 0.3) is 10.9 Å². The molecule has 0 saturated carbocycles. The van der Waals surface area contributed by atoms with Crippen molar-refractivity contribution in [3.05, 3.63) is 59.0 Å². The van der Waals surface area contributed by atoms with Gasteiger partial charge in [0.25, 0.3) is 0 Å². The van der Waals surface area contributed by atoms with Gasteiger partial charge >= 0.3 is 5.97 Å². The number of sulfone groups is 1. The van der Waals surface area contributed by atoms with E-state index in [1.807, 2.05) is 0 Å². The number of aryl methyl sites for hydroxylation is 1. The van der Waals surface area contributed by atoms with E-state index < -0.39 is 27.2 Å². The van der Waals surface area contributed by atoms with Crippen molar-refractivity contribution in [1.82, 2.24) is 9.88 Å². The number of halogens is 1. The van der Waals surface area contributed by atoms with E-state index in [0.29, 0.717) is 17.8 Å². The monoisotopic (exact) mass is 470 g/mol. The number of nitrogens with zero attached hydrogens (tertiary/aromatic N) is 1. The molecule has 1 aromatic heterocycles. The Morgan fingerprint density at radius 2 is 1.88 bits per heavy atom. The van der Waals surface area contributed by atoms with Crippen LogP contribution in [-0.2, 0) is 28.0 Å². The maximum absolute atomic E-state index is 15.6. The number of nitrogens with one attached hydrogen (secondary N) is 1. The summed E-state index contributed by atoms with van der Waals surface area (Å²) in [7, 11) is -2.41. The van der Waals surface area contributed by atoms with Crippen molar-refractivity contribution in [1.29, 1.82) is 0 Å². The van der Waals surface area contributed by atoms with Crippen molar-refractivity contribution in [3.63, 3.8) is 0 Å². The van der Waals surface area contributed by atoms with Gasteiger partial charge in [0.15, 0.2) is 0 Å². The fraction of sp³-hybridized carbons (Fsp3) is 0.400. The average molecular weight is 471 g/mol. The molecule has 6 nitrogen and oxygen atoms in total. The van der Waals surface area contributed by atoms with Crippen LogP contribution < -0.4 is 5.32 Å². The third kappa shape index (κ3) is 3.47. The summed E-state index contributed by atoms with van der Waals surface area (Å²) in [6.07, 6.45) is 2.53. The number of esters is 1. The first-order valence-electron chi connectivity index (χ1n) is 11.1. The fourth-order valence-electron chi connectivity index (χ4n) is 5.20. The number of aromatic nitrogens is 1. The molecule has 2 aromatic carbocycles. The van der Waals surface area contributed by atoms with Gasteiger partial charge in [-0.3, -0.25) is 0 Å². The van der Waals surface area contributed by atoms with Crippen LogP contribution in [0.2, 0.25) is 0 Å². The Bertz CT molecular complexity index is 1390. The number of carbonyl (C=O) groups is 1. The molecule has 3 aromatic rings. The maximum Gasteiger partial charge on any atom is 0.340 e. The molecule has 0 radical (unpaired) electrons. The van der Waals surface area contributed by atoms with Crippen LogP contribution in [0, 0.1) is 5.82 Å². The van der Waals surface area contributed by atoms with E-state index >= 15 is 4.39 Å². The summed E-state index contributed by atoms with van der Waals surface area (Å²) in [4.78, 5) is 13.2. The first-order chi connectivity index (χ1) is 15.5. The van der Waals surface area contributed by atoms with Gasteiger partial charge in [0.05, 0.1) is 20.9 Å². The largest absolute Gasteiger partial charge is 0.456 e. The standard InChI is InChI=1S/C25H27FN2O4S/c1-25(2,3)32-24(29)21-19(33(30,31)15-8-6-5-7-9-15)13-16(26)23-22(21)20-17-11-10-14(27-17)12-18(20)28(23)4/h5-9,13-14,17,27H,10-12H2,1-4H3. The molecule has 33 heavy (non-hydrogen) atoms. The fourth-order valence-corrected chi connectivity index (χ4v) is 6.68. The Kier molecular flexibility index (Phi) is 4.95. The third-order valence-electron chi connectivity index (χ3n) is 6.51. The summed E-state index contributed by atoms with van der Waals surface area (Å²) in [6, 6.07) is 9.00. The van der Waals surface area contributed by atoms with Crippen molar-refractivity contribution in [2.45, 2.75) is 67.5 Å². The number of fused-ring (bicyclic) bond motifs is 6. The zero-order chi connectivity index (χ0) is 23.7. The van der Waals surface area contributed by atoms with Crippen molar-refractivity contribution < 1.29 is 22.3 Å². The van der Waals surface area contributed by atoms with Gasteiger partial charge in [0.1, 0.15) is 11.4 Å². The molecule has 2 unspecified atom stereocenters. The lowest BCUT2D eigenvalue weighted by atomic mass is 9.96. The minimum atomic E-state index is -4.19. The van der Waals surface area contributed by atoms with Crippen molar-refractivity contribution in [2.75, 3.05) is 0 Å². The minimum Gasteiger partial charge on any atom is -0.456 e. The second kappa shape index (κ2) is 7.40. The van der Waals surface area contributed by atoms with Crippen LogP contribution in [0.15, 0.2) is 46.2 Å². The first kappa shape index (κ1) is 22.1. The van der Waals surface area contributed by atoms with Gasteiger partial charge in [-0.25, -0.2) is 17.6 Å². The predicted molar refractivity (Wildman–Crippen MR) is 123 cm³/mol. The highest BCUT2D eigenvalue weighted by molar-refractivity contribution is 7.91. The lowest BCUT2D eigenvalue weighted by molar-refractivity contribution is 0.00674. The van der Waals surface area contributed by atoms with Gasteiger partial charge < -0.3 is 14.6 Å². The highest BCUT2D eigenvalue weighted by Gasteiger charge is 2.40. The van der Waals surface area contributed by atoms with Crippen molar-refractivity contribution in [2.24, 2.45) is 7.05 Å². The zero-order valence-corrected chi connectivity index (χ0v) is 19.9. The van der Waals surface area contributed by atoms with E-state index in [4.69, 9.17) is 4.74 Å². The molecular weight excluding hydrogens is 443 g/mol. The molecule has 0 aliphatic carbocycles. The molecule has 0 spiro atoms. The summed E-state index contributed by atoms with van der Waals surface area (Å²) in [5.41, 5.74) is 1.05. The Morgan fingerprint density at radius 3 is 2.55 bits per heavy atom. The topological polar surface area (TPSA) is 77.4 Å². The number of ether oxygens (including phenoxy) is 1. The van der Waals surface area contributed by atoms with Crippen molar-refractivity contribution >= 4 is 26.7 Å². The second-order valence-corrected chi connectivity index (χ2v) is 11.8. The van der Waals surface area contributed by atoms with Gasteiger partial charge in [-0.2, -0.15) is 0 Å². The van der Waals surface area contributed by atoms with Crippen LogP contribution in [0.5, 0.6) is 0 Å². The highest BCUT2D eigenvalue weighted by atomic mass is 32.2. The number of hydrogen-bond donors (Lipinski definition) is 1. The first-order valence-corrected chi connectivity index (χ1v) is 12.6. The number of rotatable bonds is 3. The minimum absolute atomic E-state index is 0.00240. The number of carbonyl (C=O) groups excluding carboxylic acids is 1. The quantitative estimate of drug-likeness (QED) is 0.572. The van der Waals surface area contributed by atoms with Crippen LogP contribution in [0.4, 0.5) is 4.39 Å². The molecule has 1 fully saturated rings. The van der Waals surface area contributed by atoms with Crippen LogP contribution in [0.1, 0.15) is 61.3 Å². The predicted octanol–water partition coefficient (Wildman–Crippen LogP) is 4.45.